The van der Waals surface area contributed by atoms with Gasteiger partial charge in [0, 0.05) is 24.2 Å². The molecule has 1 aromatic heterocycles. The Labute approximate surface area is 126 Å². The molecule has 1 saturated heterocycles. The Morgan fingerprint density at radius 2 is 2.20 bits per heavy atom. The van der Waals surface area contributed by atoms with Gasteiger partial charge in [0.15, 0.2) is 5.13 Å². The number of nitrogen functional groups attached to an aromatic ring is 1. The van der Waals surface area contributed by atoms with E-state index in [2.05, 4.69) is 21.8 Å². The second kappa shape index (κ2) is 6.43. The molecule has 1 aliphatic heterocycles. The summed E-state index contributed by atoms with van der Waals surface area (Å²) in [4.78, 5) is 18.8. The van der Waals surface area contributed by atoms with Gasteiger partial charge >= 0.3 is 0 Å². The molecule has 1 amide bonds. The van der Waals surface area contributed by atoms with E-state index in [1.54, 1.807) is 0 Å². The van der Waals surface area contributed by atoms with Crippen molar-refractivity contribution in [2.24, 2.45) is 5.73 Å². The van der Waals surface area contributed by atoms with Gasteiger partial charge in [0.1, 0.15) is 10.7 Å². The Bertz CT molecular complexity index is 510. The van der Waals surface area contributed by atoms with Gasteiger partial charge in [-0.15, -0.1) is 0 Å². The minimum atomic E-state index is -0.276. The molecule has 0 unspecified atom stereocenters. The Morgan fingerprint density at radius 3 is 2.80 bits per heavy atom. The summed E-state index contributed by atoms with van der Waals surface area (Å²) in [6.07, 6.45) is 1.85. The maximum atomic E-state index is 12.0. The van der Waals surface area contributed by atoms with Crippen molar-refractivity contribution in [1.29, 1.82) is 0 Å². The minimum absolute atomic E-state index is 0.214. The summed E-state index contributed by atoms with van der Waals surface area (Å²) in [5, 5.41) is 3.78. The summed E-state index contributed by atoms with van der Waals surface area (Å²) in [6.45, 7) is 5.41. The molecular weight excluding hydrogens is 298 g/mol. The lowest BCUT2D eigenvalue weighted by Crippen LogP contribution is -2.39. The number of piperidine rings is 1. The third-order valence-electron chi connectivity index (χ3n) is 3.10. The van der Waals surface area contributed by atoms with Gasteiger partial charge in [-0.1, -0.05) is 29.5 Å². The number of carbonyl (C=O) groups excluding carboxylic acids is 1. The number of rotatable bonds is 4. The summed E-state index contributed by atoms with van der Waals surface area (Å²) >= 11 is 6.91. The molecule has 2 rings (SSSR count). The summed E-state index contributed by atoms with van der Waals surface area (Å²) in [6, 6.07) is 0.251. The fourth-order valence-corrected chi connectivity index (χ4v) is 2.99. The van der Waals surface area contributed by atoms with Crippen LogP contribution in [0, 0.1) is 0 Å². The second-order valence-electron chi connectivity index (χ2n) is 4.74. The molecular formula is C12H18ClN5OS. The van der Waals surface area contributed by atoms with Crippen LogP contribution in [-0.2, 0) is 0 Å². The Balaban J connectivity index is 2.05. The highest BCUT2D eigenvalue weighted by Crippen LogP contribution is 2.29. The van der Waals surface area contributed by atoms with Crippen molar-refractivity contribution in [3.8, 4) is 0 Å². The Morgan fingerprint density at radius 1 is 1.55 bits per heavy atom. The Hall–Kier alpha value is -1.31. The number of nitrogens with zero attached hydrogens (tertiary/aromatic N) is 2. The van der Waals surface area contributed by atoms with Crippen LogP contribution in [0.3, 0.4) is 0 Å². The van der Waals surface area contributed by atoms with E-state index in [1.807, 2.05) is 0 Å². The van der Waals surface area contributed by atoms with Crippen LogP contribution in [0.5, 0.6) is 0 Å². The number of thiazole rings is 1. The first kappa shape index (κ1) is 15.1. The van der Waals surface area contributed by atoms with Crippen LogP contribution >= 0.6 is 22.9 Å². The van der Waals surface area contributed by atoms with E-state index in [1.165, 1.54) is 11.3 Å². The zero-order chi connectivity index (χ0) is 14.7. The van der Waals surface area contributed by atoms with Crippen molar-refractivity contribution < 1.29 is 4.79 Å². The average molecular weight is 316 g/mol. The van der Waals surface area contributed by atoms with Crippen LogP contribution in [0.1, 0.15) is 22.5 Å². The zero-order valence-corrected chi connectivity index (χ0v) is 12.6. The molecule has 0 saturated carbocycles. The summed E-state index contributed by atoms with van der Waals surface area (Å²) < 4.78 is 0. The molecule has 0 radical (unpaired) electrons. The zero-order valence-electron chi connectivity index (χ0n) is 11.1. The summed E-state index contributed by atoms with van der Waals surface area (Å²) in [5.41, 5.74) is 11.7. The van der Waals surface area contributed by atoms with Crippen LogP contribution in [0.2, 0.25) is 0 Å². The van der Waals surface area contributed by atoms with Gasteiger partial charge in [-0.2, -0.15) is 0 Å². The van der Waals surface area contributed by atoms with Crippen LogP contribution < -0.4 is 21.7 Å². The molecule has 6 nitrogen and oxygen atoms in total. The number of hydrogen-bond acceptors (Lipinski definition) is 6. The first-order chi connectivity index (χ1) is 9.47. The highest BCUT2D eigenvalue weighted by atomic mass is 35.5. The molecule has 1 fully saturated rings. The molecule has 8 heteroatoms. The SMILES string of the molecule is C=C(Cl)CNC(=O)c1sc(N2CCC(N)CC2)nc1N. The van der Waals surface area contributed by atoms with Crippen molar-refractivity contribution in [1.82, 2.24) is 10.3 Å². The summed E-state index contributed by atoms with van der Waals surface area (Å²) in [5.74, 6) is -0.0284. The Kier molecular flexibility index (Phi) is 4.85. The van der Waals surface area contributed by atoms with Crippen molar-refractivity contribution in [3.63, 3.8) is 0 Å². The van der Waals surface area contributed by atoms with Gasteiger partial charge in [-0.25, -0.2) is 4.98 Å². The molecule has 0 bridgehead atoms. The third kappa shape index (κ3) is 3.62. The molecule has 20 heavy (non-hydrogen) atoms. The lowest BCUT2D eigenvalue weighted by Gasteiger charge is -2.29. The van der Waals surface area contributed by atoms with E-state index < -0.39 is 0 Å². The topological polar surface area (TPSA) is 97.3 Å². The monoisotopic (exact) mass is 315 g/mol. The van der Waals surface area contributed by atoms with Gasteiger partial charge < -0.3 is 21.7 Å². The second-order valence-corrected chi connectivity index (χ2v) is 6.25. The predicted molar refractivity (Wildman–Crippen MR) is 83.3 cm³/mol. The molecule has 0 aromatic carbocycles. The number of nitrogens with two attached hydrogens (primary N) is 2. The van der Waals surface area contributed by atoms with E-state index in [9.17, 15) is 4.79 Å². The van der Waals surface area contributed by atoms with E-state index in [0.29, 0.717) is 9.91 Å². The average Bonchev–Trinajstić information content (AvgIpc) is 2.79. The third-order valence-corrected chi connectivity index (χ3v) is 4.36. The quantitative estimate of drug-likeness (QED) is 0.774. The van der Waals surface area contributed by atoms with Gasteiger partial charge in [0.05, 0.1) is 6.54 Å². The van der Waals surface area contributed by atoms with Crippen molar-refractivity contribution in [2.75, 3.05) is 30.3 Å². The minimum Gasteiger partial charge on any atom is -0.382 e. The fourth-order valence-electron chi connectivity index (χ4n) is 1.97. The molecule has 1 aliphatic rings. The number of nitrogens with one attached hydrogen (secondary N) is 1. The van der Waals surface area contributed by atoms with Crippen molar-refractivity contribution in [3.05, 3.63) is 16.5 Å². The van der Waals surface area contributed by atoms with Gasteiger partial charge in [0.25, 0.3) is 5.91 Å². The largest absolute Gasteiger partial charge is 0.382 e. The van der Waals surface area contributed by atoms with Crippen LogP contribution in [0.15, 0.2) is 11.6 Å². The molecule has 110 valence electrons. The van der Waals surface area contributed by atoms with Gasteiger partial charge in [-0.05, 0) is 12.8 Å². The number of aromatic nitrogens is 1. The molecule has 2 heterocycles. The van der Waals surface area contributed by atoms with E-state index in [-0.39, 0.29) is 24.3 Å². The maximum Gasteiger partial charge on any atom is 0.265 e. The van der Waals surface area contributed by atoms with Crippen LogP contribution in [0.4, 0.5) is 10.9 Å². The smallest absolute Gasteiger partial charge is 0.265 e. The van der Waals surface area contributed by atoms with E-state index in [4.69, 9.17) is 23.1 Å². The number of amides is 1. The molecule has 5 N–H and O–H groups in total. The first-order valence-corrected chi connectivity index (χ1v) is 7.55. The lowest BCUT2D eigenvalue weighted by atomic mass is 10.1. The highest BCUT2D eigenvalue weighted by molar-refractivity contribution is 7.18. The highest BCUT2D eigenvalue weighted by Gasteiger charge is 2.22. The van der Waals surface area contributed by atoms with Crippen molar-refractivity contribution in [2.45, 2.75) is 18.9 Å². The standard InChI is InChI=1S/C12H18ClN5OS/c1-7(13)6-16-11(19)9-10(15)17-12(20-9)18-4-2-8(14)3-5-18/h8H,1-6,14-15H2,(H,16,19). The van der Waals surface area contributed by atoms with Gasteiger partial charge in [0.2, 0.25) is 0 Å². The number of hydrogen-bond donors (Lipinski definition) is 3. The van der Waals surface area contributed by atoms with Crippen molar-refractivity contribution >= 4 is 39.8 Å². The number of anilines is 2. The number of halogens is 1. The van der Waals surface area contributed by atoms with E-state index in [0.717, 1.165) is 31.1 Å². The molecule has 0 aliphatic carbocycles. The van der Waals surface area contributed by atoms with Gasteiger partial charge in [-0.3, -0.25) is 4.79 Å². The maximum absolute atomic E-state index is 12.0. The van der Waals surface area contributed by atoms with E-state index >= 15 is 0 Å². The summed E-state index contributed by atoms with van der Waals surface area (Å²) in [7, 11) is 0. The predicted octanol–water partition coefficient (Wildman–Crippen LogP) is 1.14. The molecule has 0 spiro atoms. The number of carbonyl (C=O) groups is 1. The molecule has 0 atom stereocenters. The first-order valence-electron chi connectivity index (χ1n) is 6.35. The normalized spacial score (nSPS) is 16.2. The lowest BCUT2D eigenvalue weighted by molar-refractivity contribution is 0.0962. The van der Waals surface area contributed by atoms with Crippen LogP contribution in [0.25, 0.3) is 0 Å². The van der Waals surface area contributed by atoms with Crippen LogP contribution in [-0.4, -0.2) is 36.6 Å². The molecule has 1 aromatic rings. The fraction of sp³-hybridized carbons (Fsp3) is 0.500.